The number of nitrogens with two attached hydrogens (primary N) is 1. The van der Waals surface area contributed by atoms with Crippen LogP contribution in [0.1, 0.15) is 83.6 Å². The number of nitrogens with one attached hydrogen (secondary N) is 2. The molecule has 224 valence electrons. The number of Topliss-reactive ketones (excluding diaryl/α,β-unsaturated/α-hetero) is 1. The molecule has 1 saturated heterocycles. The topological polar surface area (TPSA) is 171 Å². The van der Waals surface area contributed by atoms with Crippen LogP contribution < -0.4 is 16.5 Å². The highest BCUT2D eigenvalue weighted by Crippen LogP contribution is 2.65. The molecule has 0 spiro atoms. The number of nitro groups is 1. The molecule has 3 saturated carbocycles. The summed E-state index contributed by atoms with van der Waals surface area (Å²) in [4.78, 5) is 45.4. The first-order valence-corrected chi connectivity index (χ1v) is 14.6. The average Bonchev–Trinajstić information content (AvgIpc) is 3.26. The minimum Gasteiger partial charge on any atom is -0.404 e. The maximum absolute atomic E-state index is 13.7. The van der Waals surface area contributed by atoms with Crippen LogP contribution in [0.4, 0.5) is 0 Å². The van der Waals surface area contributed by atoms with Crippen molar-refractivity contribution in [3.63, 3.8) is 0 Å². The Morgan fingerprint density at radius 2 is 2.05 bits per heavy atom. The normalized spacial score (nSPS) is 27.9. The minimum atomic E-state index is -0.788. The van der Waals surface area contributed by atoms with Crippen LogP contribution in [0.5, 0.6) is 0 Å². The van der Waals surface area contributed by atoms with Crippen molar-refractivity contribution in [1.29, 1.82) is 0 Å². The zero-order valence-corrected chi connectivity index (χ0v) is 24.7. The summed E-state index contributed by atoms with van der Waals surface area (Å²) in [7, 11) is -0.573. The van der Waals surface area contributed by atoms with Crippen LogP contribution in [0.25, 0.3) is 0 Å². The number of carbonyl (C=O) groups excluding carboxylic acids is 2. The van der Waals surface area contributed by atoms with Gasteiger partial charge in [0, 0.05) is 25.1 Å². The van der Waals surface area contributed by atoms with Crippen molar-refractivity contribution in [2.75, 3.05) is 6.54 Å². The summed E-state index contributed by atoms with van der Waals surface area (Å²) in [6.45, 7) is 11.1. The molecule has 0 unspecified atom stereocenters. The van der Waals surface area contributed by atoms with Gasteiger partial charge in [0.05, 0.1) is 17.6 Å². The highest BCUT2D eigenvalue weighted by molar-refractivity contribution is 6.47. The number of aromatic nitrogens is 1. The number of rotatable bonds is 13. The second-order valence-corrected chi connectivity index (χ2v) is 12.9. The molecule has 1 aromatic heterocycles. The third-order valence-corrected chi connectivity index (χ3v) is 9.30. The van der Waals surface area contributed by atoms with Crippen molar-refractivity contribution in [1.82, 2.24) is 15.7 Å². The van der Waals surface area contributed by atoms with Gasteiger partial charge in [-0.05, 0) is 74.3 Å². The van der Waals surface area contributed by atoms with Crippen molar-refractivity contribution < 1.29 is 23.9 Å². The van der Waals surface area contributed by atoms with Crippen LogP contribution in [-0.2, 0) is 14.1 Å². The molecule has 1 aromatic rings. The van der Waals surface area contributed by atoms with E-state index in [1.165, 1.54) is 0 Å². The van der Waals surface area contributed by atoms with Crippen molar-refractivity contribution in [3.05, 3.63) is 40.2 Å². The van der Waals surface area contributed by atoms with Gasteiger partial charge in [-0.15, -0.1) is 0 Å². The Balaban J connectivity index is 1.46. The van der Waals surface area contributed by atoms with E-state index in [0.29, 0.717) is 36.8 Å². The lowest BCUT2D eigenvalue weighted by Gasteiger charge is -2.64. The number of amides is 1. The second kappa shape index (κ2) is 12.4. The molecule has 1 aliphatic heterocycles. The van der Waals surface area contributed by atoms with Crippen molar-refractivity contribution >= 4 is 24.8 Å². The van der Waals surface area contributed by atoms with Crippen LogP contribution in [-0.4, -0.2) is 59.0 Å². The van der Waals surface area contributed by atoms with Gasteiger partial charge in [0.25, 0.3) is 5.96 Å². The number of hydrogen-bond donors (Lipinski definition) is 3. The predicted octanol–water partition coefficient (Wildman–Crippen LogP) is 2.95. The molecule has 4 fully saturated rings. The highest BCUT2D eigenvalue weighted by atomic mass is 16.7. The van der Waals surface area contributed by atoms with E-state index >= 15 is 0 Å². The predicted molar refractivity (Wildman–Crippen MR) is 154 cm³/mol. The van der Waals surface area contributed by atoms with Crippen molar-refractivity contribution in [3.8, 4) is 0 Å². The van der Waals surface area contributed by atoms with Gasteiger partial charge in [0.2, 0.25) is 5.91 Å². The minimum absolute atomic E-state index is 0.00605. The zero-order chi connectivity index (χ0) is 29.9. The van der Waals surface area contributed by atoms with E-state index in [2.05, 4.69) is 49.9 Å². The molecule has 3 aliphatic carbocycles. The van der Waals surface area contributed by atoms with Crippen LogP contribution in [0.15, 0.2) is 29.4 Å². The standard InChI is InChI=1S/C28H43BN6O6/c1-17(2)13-24(29-40-23-16-19-15-22(27(19,3)4)28(23,5)41-29)33-25(37)18(9-8-12-32-26(30)34-35(38)39)14-21(36)20-10-6-7-11-31-20/h6-7,10-11,17-19,22-24H,8-9,12-16H2,1-5H3,(H,33,37)(H3,30,32,34)/t18-,19+,22+,23-,24+,28+/m1/s1. The summed E-state index contributed by atoms with van der Waals surface area (Å²) in [6.07, 6.45) is 4.98. The van der Waals surface area contributed by atoms with E-state index < -0.39 is 23.7 Å². The van der Waals surface area contributed by atoms with Gasteiger partial charge in [-0.25, -0.2) is 15.1 Å². The van der Waals surface area contributed by atoms with Gasteiger partial charge in [0.1, 0.15) is 5.69 Å². The fourth-order valence-corrected chi connectivity index (χ4v) is 6.97. The maximum atomic E-state index is 13.7. The van der Waals surface area contributed by atoms with Crippen LogP contribution in [0.3, 0.4) is 0 Å². The summed E-state index contributed by atoms with van der Waals surface area (Å²) < 4.78 is 13.2. The summed E-state index contributed by atoms with van der Waals surface area (Å²) in [5, 5.41) is 12.9. The van der Waals surface area contributed by atoms with Crippen molar-refractivity contribution in [2.45, 2.75) is 90.8 Å². The van der Waals surface area contributed by atoms with Gasteiger partial charge in [-0.1, -0.05) is 39.2 Å². The molecule has 13 heteroatoms. The molecule has 0 radical (unpaired) electrons. The molecular formula is C28H43BN6O6. The van der Waals surface area contributed by atoms with E-state index in [0.717, 1.165) is 12.8 Å². The number of aliphatic imine (C=N–C) groups is 1. The summed E-state index contributed by atoms with van der Waals surface area (Å²) in [5.74, 6) is -0.570. The van der Waals surface area contributed by atoms with Gasteiger partial charge in [-0.3, -0.25) is 14.6 Å². The number of hydrogen-bond acceptors (Lipinski definition) is 8. The molecule has 41 heavy (non-hydrogen) atoms. The third kappa shape index (κ3) is 6.89. The third-order valence-electron chi connectivity index (χ3n) is 9.30. The van der Waals surface area contributed by atoms with Gasteiger partial charge < -0.3 is 20.4 Å². The highest BCUT2D eigenvalue weighted by Gasteiger charge is 2.68. The average molecular weight is 571 g/mol. The second-order valence-electron chi connectivity index (χ2n) is 12.9. The van der Waals surface area contributed by atoms with E-state index in [-0.39, 0.29) is 54.0 Å². The van der Waals surface area contributed by atoms with Crippen LogP contribution in [0.2, 0.25) is 0 Å². The Morgan fingerprint density at radius 1 is 1.29 bits per heavy atom. The number of nitrogens with zero attached hydrogens (tertiary/aromatic N) is 3. The largest absolute Gasteiger partial charge is 0.481 e. The molecule has 0 aromatic carbocycles. The molecule has 4 N–H and O–H groups in total. The summed E-state index contributed by atoms with van der Waals surface area (Å²) >= 11 is 0. The molecular weight excluding hydrogens is 527 g/mol. The van der Waals surface area contributed by atoms with E-state index in [4.69, 9.17) is 15.0 Å². The number of guanidine groups is 1. The molecule has 2 bridgehead atoms. The quantitative estimate of drug-likeness (QED) is 0.0613. The Labute approximate surface area is 241 Å². The molecule has 12 nitrogen and oxygen atoms in total. The number of ketones is 1. The number of hydrazine groups is 1. The monoisotopic (exact) mass is 570 g/mol. The molecule has 1 amide bonds. The van der Waals surface area contributed by atoms with Gasteiger partial charge in [0.15, 0.2) is 10.8 Å². The van der Waals surface area contributed by atoms with Crippen LogP contribution >= 0.6 is 0 Å². The summed E-state index contributed by atoms with van der Waals surface area (Å²) in [6, 6.07) is 5.08. The Kier molecular flexibility index (Phi) is 9.37. The van der Waals surface area contributed by atoms with E-state index in [9.17, 15) is 19.7 Å². The lowest BCUT2D eigenvalue weighted by Crippen LogP contribution is -2.65. The SMILES string of the molecule is CC(C)C[C@H](NC(=O)[C@H](CCCN=C(N)N[N+](=O)[O-])CC(=O)c1ccccn1)B1O[C@@H]2C[C@@H]3C[C@@H](C3(C)C)[C@]2(C)O1. The zero-order valence-electron chi connectivity index (χ0n) is 24.7. The van der Waals surface area contributed by atoms with Crippen molar-refractivity contribution in [2.24, 2.45) is 39.8 Å². The fraction of sp³-hybridized carbons (Fsp3) is 0.714. The van der Waals surface area contributed by atoms with Crippen LogP contribution in [0, 0.1) is 39.2 Å². The van der Waals surface area contributed by atoms with Gasteiger partial charge in [-0.2, -0.15) is 0 Å². The molecule has 5 rings (SSSR count). The molecule has 2 heterocycles. The molecule has 4 aliphatic rings. The first-order valence-electron chi connectivity index (χ1n) is 14.6. The lowest BCUT2D eigenvalue weighted by molar-refractivity contribution is -0.525. The summed E-state index contributed by atoms with van der Waals surface area (Å²) in [5.41, 5.74) is 7.41. The maximum Gasteiger partial charge on any atom is 0.481 e. The first kappa shape index (κ1) is 30.9. The van der Waals surface area contributed by atoms with E-state index in [1.54, 1.807) is 29.8 Å². The first-order chi connectivity index (χ1) is 19.3. The lowest BCUT2D eigenvalue weighted by atomic mass is 9.43. The Morgan fingerprint density at radius 3 is 2.68 bits per heavy atom. The fourth-order valence-electron chi connectivity index (χ4n) is 6.97. The Hall–Kier alpha value is -3.06. The number of carbonyl (C=O) groups is 2. The molecule has 6 atom stereocenters. The number of pyridine rings is 1. The van der Waals surface area contributed by atoms with E-state index in [1.807, 2.05) is 0 Å². The smallest absolute Gasteiger partial charge is 0.404 e. The van der Waals surface area contributed by atoms with Gasteiger partial charge >= 0.3 is 7.12 Å². The Bertz CT molecular complexity index is 1150.